The molecule has 0 aromatic heterocycles. The lowest BCUT2D eigenvalue weighted by Crippen LogP contribution is -2.53. The molecule has 3 nitrogen and oxygen atoms in total. The molecule has 0 bridgehead atoms. The Kier molecular flexibility index (Phi) is 2.23. The molecule has 0 aromatic carbocycles. The van der Waals surface area contributed by atoms with Gasteiger partial charge in [-0.2, -0.15) is 0 Å². The van der Waals surface area contributed by atoms with Crippen LogP contribution in [0.3, 0.4) is 0 Å². The van der Waals surface area contributed by atoms with Crippen molar-refractivity contribution in [1.29, 1.82) is 0 Å². The van der Waals surface area contributed by atoms with Gasteiger partial charge in [-0.1, -0.05) is 0 Å². The summed E-state index contributed by atoms with van der Waals surface area (Å²) in [6.07, 6.45) is 3.77. The van der Waals surface area contributed by atoms with E-state index in [0.717, 1.165) is 31.5 Å². The zero-order valence-electron chi connectivity index (χ0n) is 9.41. The summed E-state index contributed by atoms with van der Waals surface area (Å²) in [6, 6.07) is 0.392. The fraction of sp³-hybridized carbons (Fsp3) is 0.917. The summed E-state index contributed by atoms with van der Waals surface area (Å²) in [5, 5.41) is 3.33. The number of nitrogens with zero attached hydrogens (tertiary/aromatic N) is 1. The van der Waals surface area contributed by atoms with Crippen LogP contribution in [0.5, 0.6) is 0 Å². The molecule has 0 aromatic rings. The molecule has 3 fully saturated rings. The van der Waals surface area contributed by atoms with E-state index >= 15 is 0 Å². The van der Waals surface area contributed by atoms with E-state index in [0.29, 0.717) is 17.9 Å². The molecule has 1 aliphatic heterocycles. The maximum Gasteiger partial charge on any atom is 0.226 e. The summed E-state index contributed by atoms with van der Waals surface area (Å²) < 4.78 is 0. The molecule has 2 aliphatic carbocycles. The van der Waals surface area contributed by atoms with Crippen LogP contribution in [0, 0.1) is 17.8 Å². The van der Waals surface area contributed by atoms with E-state index in [-0.39, 0.29) is 0 Å². The number of fused-ring (bicyclic) bond motifs is 1. The fourth-order valence-electron chi connectivity index (χ4n) is 3.32. The van der Waals surface area contributed by atoms with Gasteiger partial charge in [0.15, 0.2) is 0 Å². The summed E-state index contributed by atoms with van der Waals surface area (Å²) in [6.45, 7) is 4.99. The molecular weight excluding hydrogens is 188 g/mol. The molecule has 3 rings (SSSR count). The zero-order chi connectivity index (χ0) is 10.4. The van der Waals surface area contributed by atoms with Crippen LogP contribution in [0.1, 0.15) is 26.2 Å². The Morgan fingerprint density at radius 2 is 2.00 bits per heavy atom. The topological polar surface area (TPSA) is 32.3 Å². The van der Waals surface area contributed by atoms with Crippen LogP contribution < -0.4 is 5.32 Å². The third-order valence-corrected chi connectivity index (χ3v) is 4.38. The van der Waals surface area contributed by atoms with Gasteiger partial charge in [0.1, 0.15) is 0 Å². The van der Waals surface area contributed by atoms with Crippen LogP contribution in [0.4, 0.5) is 0 Å². The van der Waals surface area contributed by atoms with E-state index in [9.17, 15) is 4.79 Å². The first-order valence-corrected chi connectivity index (χ1v) is 6.27. The molecule has 2 unspecified atom stereocenters. The molecule has 0 spiro atoms. The lowest BCUT2D eigenvalue weighted by molar-refractivity contribution is -0.138. The van der Waals surface area contributed by atoms with Crippen LogP contribution in [-0.4, -0.2) is 36.5 Å². The van der Waals surface area contributed by atoms with Crippen molar-refractivity contribution >= 4 is 5.91 Å². The van der Waals surface area contributed by atoms with E-state index in [2.05, 4.69) is 17.1 Å². The summed E-state index contributed by atoms with van der Waals surface area (Å²) >= 11 is 0. The Balaban J connectivity index is 1.62. The van der Waals surface area contributed by atoms with Gasteiger partial charge in [-0.05, 0) is 38.0 Å². The van der Waals surface area contributed by atoms with E-state index in [1.54, 1.807) is 0 Å². The highest BCUT2D eigenvalue weighted by Gasteiger charge is 2.49. The Hall–Kier alpha value is -0.570. The summed E-state index contributed by atoms with van der Waals surface area (Å²) in [5.74, 6) is 2.64. The number of hydrogen-bond acceptors (Lipinski definition) is 2. The summed E-state index contributed by atoms with van der Waals surface area (Å²) in [5.41, 5.74) is 0. The van der Waals surface area contributed by atoms with Crippen molar-refractivity contribution in [3.8, 4) is 0 Å². The minimum atomic E-state index is 0.370. The highest BCUT2D eigenvalue weighted by atomic mass is 16.2. The second-order valence-electron chi connectivity index (χ2n) is 5.51. The molecule has 1 saturated heterocycles. The molecular formula is C12H20N2O. The van der Waals surface area contributed by atoms with Crippen molar-refractivity contribution in [3.05, 3.63) is 0 Å². The molecule has 0 radical (unpaired) electrons. The molecule has 1 N–H and O–H groups in total. The van der Waals surface area contributed by atoms with E-state index in [1.165, 1.54) is 19.3 Å². The zero-order valence-corrected chi connectivity index (χ0v) is 9.41. The van der Waals surface area contributed by atoms with Gasteiger partial charge in [-0.15, -0.1) is 0 Å². The Labute approximate surface area is 91.2 Å². The number of rotatable bonds is 1. The predicted molar refractivity (Wildman–Crippen MR) is 58.4 cm³/mol. The number of carbonyl (C=O) groups excluding carboxylic acids is 1. The molecule has 3 heteroatoms. The van der Waals surface area contributed by atoms with Crippen LogP contribution in [0.25, 0.3) is 0 Å². The first kappa shape index (κ1) is 9.64. The van der Waals surface area contributed by atoms with Gasteiger partial charge < -0.3 is 10.2 Å². The quantitative estimate of drug-likeness (QED) is 0.693. The standard InChI is InChI=1S/C12H20N2O/c1-8-7-13-2-3-14(8)12(15)11-5-9-4-10(9)6-11/h8-11,13H,2-7H2,1H3/t8-,9?,10?,11?/m1/s1. The van der Waals surface area contributed by atoms with E-state index in [4.69, 9.17) is 0 Å². The number of hydrogen-bond donors (Lipinski definition) is 1. The summed E-state index contributed by atoms with van der Waals surface area (Å²) in [7, 11) is 0. The van der Waals surface area contributed by atoms with Crippen molar-refractivity contribution < 1.29 is 4.79 Å². The van der Waals surface area contributed by atoms with Gasteiger partial charge in [-0.25, -0.2) is 0 Å². The van der Waals surface area contributed by atoms with Crippen molar-refractivity contribution in [3.63, 3.8) is 0 Å². The van der Waals surface area contributed by atoms with Gasteiger partial charge in [0.2, 0.25) is 5.91 Å². The molecule has 1 amide bonds. The van der Waals surface area contributed by atoms with Gasteiger partial charge in [-0.3, -0.25) is 4.79 Å². The van der Waals surface area contributed by atoms with Gasteiger partial charge in [0.25, 0.3) is 0 Å². The van der Waals surface area contributed by atoms with Crippen molar-refractivity contribution in [2.24, 2.45) is 17.8 Å². The Morgan fingerprint density at radius 3 is 2.67 bits per heavy atom. The van der Waals surface area contributed by atoms with Crippen LogP contribution in [0.15, 0.2) is 0 Å². The second kappa shape index (κ2) is 3.48. The van der Waals surface area contributed by atoms with Crippen LogP contribution in [0.2, 0.25) is 0 Å². The maximum absolute atomic E-state index is 12.3. The molecule has 2 saturated carbocycles. The normalized spacial score (nSPS) is 43.9. The maximum atomic E-state index is 12.3. The first-order valence-electron chi connectivity index (χ1n) is 6.27. The number of nitrogens with one attached hydrogen (secondary N) is 1. The minimum Gasteiger partial charge on any atom is -0.337 e. The highest BCUT2D eigenvalue weighted by Crippen LogP contribution is 2.54. The largest absolute Gasteiger partial charge is 0.337 e. The van der Waals surface area contributed by atoms with Gasteiger partial charge in [0.05, 0.1) is 0 Å². The van der Waals surface area contributed by atoms with E-state index < -0.39 is 0 Å². The molecule has 3 aliphatic rings. The SMILES string of the molecule is C[C@@H]1CNCCN1C(=O)C1CC2CC2C1. The minimum absolute atomic E-state index is 0.370. The van der Waals surface area contributed by atoms with Crippen molar-refractivity contribution in [1.82, 2.24) is 10.2 Å². The highest BCUT2D eigenvalue weighted by molar-refractivity contribution is 5.80. The number of piperazine rings is 1. The Morgan fingerprint density at radius 1 is 1.27 bits per heavy atom. The average molecular weight is 208 g/mol. The lowest BCUT2D eigenvalue weighted by Gasteiger charge is -2.36. The fourth-order valence-corrected chi connectivity index (χ4v) is 3.32. The van der Waals surface area contributed by atoms with E-state index in [1.807, 2.05) is 0 Å². The monoisotopic (exact) mass is 208 g/mol. The van der Waals surface area contributed by atoms with Crippen LogP contribution in [-0.2, 0) is 4.79 Å². The average Bonchev–Trinajstić information content (AvgIpc) is 2.86. The summed E-state index contributed by atoms with van der Waals surface area (Å²) in [4.78, 5) is 14.4. The van der Waals surface area contributed by atoms with Crippen LogP contribution >= 0.6 is 0 Å². The Bertz CT molecular complexity index is 269. The number of amides is 1. The van der Waals surface area contributed by atoms with Crippen molar-refractivity contribution in [2.75, 3.05) is 19.6 Å². The third kappa shape index (κ3) is 1.67. The molecule has 15 heavy (non-hydrogen) atoms. The van der Waals surface area contributed by atoms with Gasteiger partial charge in [0, 0.05) is 31.6 Å². The first-order chi connectivity index (χ1) is 7.25. The van der Waals surface area contributed by atoms with Gasteiger partial charge >= 0.3 is 0 Å². The lowest BCUT2D eigenvalue weighted by atomic mass is 10.0. The predicted octanol–water partition coefficient (Wildman–Crippen LogP) is 0.853. The smallest absolute Gasteiger partial charge is 0.226 e. The molecule has 1 heterocycles. The molecule has 84 valence electrons. The third-order valence-electron chi connectivity index (χ3n) is 4.38. The second-order valence-corrected chi connectivity index (χ2v) is 5.51. The molecule has 3 atom stereocenters. The van der Waals surface area contributed by atoms with Crippen molar-refractivity contribution in [2.45, 2.75) is 32.2 Å². The number of carbonyl (C=O) groups is 1.